The highest BCUT2D eigenvalue weighted by molar-refractivity contribution is 7.47. The Morgan fingerprint density at radius 3 is 0.910 bits per heavy atom. The number of aliphatic hydroxyl groups excluding tert-OH is 1. The summed E-state index contributed by atoms with van der Waals surface area (Å²) in [5.74, 6) is -2.42. The second-order valence-electron chi connectivity index (χ2n) is 24.1. The van der Waals surface area contributed by atoms with Crippen LogP contribution in [0.1, 0.15) is 259 Å². The molecule has 5 atom stereocenters. The van der Waals surface area contributed by atoms with Crippen molar-refractivity contribution in [1.29, 1.82) is 0 Å². The number of hydrogen-bond donors (Lipinski definition) is 3. The van der Waals surface area contributed by atoms with E-state index in [4.69, 9.17) is 37.0 Å². The Morgan fingerprint density at radius 1 is 0.300 bits per heavy atom. The van der Waals surface area contributed by atoms with E-state index < -0.39 is 97.5 Å². The van der Waals surface area contributed by atoms with Gasteiger partial charge in [0, 0.05) is 19.3 Å². The fraction of sp³-hybridized carbons (Fsp3) is 0.605. The number of carbonyl (C=O) groups excluding carboxylic acids is 4. The molecule has 0 bridgehead atoms. The van der Waals surface area contributed by atoms with E-state index in [-0.39, 0.29) is 25.7 Å². The number of hydrogen-bond acceptors (Lipinski definition) is 15. The molecule has 566 valence electrons. The molecule has 0 aliphatic rings. The number of esters is 4. The van der Waals surface area contributed by atoms with Crippen LogP contribution in [0, 0.1) is 0 Å². The van der Waals surface area contributed by atoms with Gasteiger partial charge in [0.05, 0.1) is 32.8 Å². The number of ether oxygens (including phenoxy) is 4. The van der Waals surface area contributed by atoms with Gasteiger partial charge >= 0.3 is 39.5 Å². The van der Waals surface area contributed by atoms with Crippen LogP contribution in [0.3, 0.4) is 0 Å². The molecule has 0 aromatic carbocycles. The van der Waals surface area contributed by atoms with Crippen LogP contribution < -0.4 is 0 Å². The first-order valence-corrected chi connectivity index (χ1v) is 40.4. The molecule has 0 aromatic heterocycles. The van der Waals surface area contributed by atoms with Crippen molar-refractivity contribution in [2.24, 2.45) is 0 Å². The minimum Gasteiger partial charge on any atom is -0.462 e. The van der Waals surface area contributed by atoms with Gasteiger partial charge in [-0.2, -0.15) is 0 Å². The smallest absolute Gasteiger partial charge is 0.462 e. The van der Waals surface area contributed by atoms with E-state index >= 15 is 0 Å². The Balaban J connectivity index is 5.50. The van der Waals surface area contributed by atoms with Crippen LogP contribution in [-0.2, 0) is 65.4 Å². The molecule has 3 N–H and O–H groups in total. The lowest BCUT2D eigenvalue weighted by Gasteiger charge is -2.21. The third-order valence-corrected chi connectivity index (χ3v) is 16.6. The van der Waals surface area contributed by atoms with E-state index in [2.05, 4.69) is 167 Å². The normalized spacial score (nSPS) is 14.9. The van der Waals surface area contributed by atoms with Crippen molar-refractivity contribution in [3.63, 3.8) is 0 Å². The first-order chi connectivity index (χ1) is 48.7. The van der Waals surface area contributed by atoms with E-state index in [1.165, 1.54) is 19.3 Å². The lowest BCUT2D eigenvalue weighted by Crippen LogP contribution is -2.30. The van der Waals surface area contributed by atoms with Crippen molar-refractivity contribution < 1.29 is 80.2 Å². The molecule has 0 spiro atoms. The molecule has 0 amide bonds. The first-order valence-electron chi connectivity index (χ1n) is 37.4. The lowest BCUT2D eigenvalue weighted by atomic mass is 10.1. The molecule has 100 heavy (non-hydrogen) atoms. The summed E-state index contributed by atoms with van der Waals surface area (Å²) in [7, 11) is -10.0. The van der Waals surface area contributed by atoms with Crippen molar-refractivity contribution in [2.75, 3.05) is 39.6 Å². The molecule has 17 nitrogen and oxygen atoms in total. The maximum atomic E-state index is 13.1. The summed E-state index contributed by atoms with van der Waals surface area (Å²) in [6.45, 7) is 4.27. The van der Waals surface area contributed by atoms with Gasteiger partial charge in [0.1, 0.15) is 19.3 Å². The largest absolute Gasteiger partial charge is 0.472 e. The van der Waals surface area contributed by atoms with Crippen LogP contribution in [0.4, 0.5) is 0 Å². The van der Waals surface area contributed by atoms with Gasteiger partial charge in [-0.1, -0.05) is 249 Å². The molecule has 0 saturated carbocycles. The topological polar surface area (TPSA) is 237 Å². The summed E-state index contributed by atoms with van der Waals surface area (Å²) in [6.07, 6.45) is 83.8. The number of phosphoric acid groups is 2. The number of rotatable bonds is 68. The van der Waals surface area contributed by atoms with E-state index in [1.54, 1.807) is 6.08 Å². The minimum atomic E-state index is -5.01. The fourth-order valence-electron chi connectivity index (χ4n) is 9.09. The van der Waals surface area contributed by atoms with Gasteiger partial charge in [0.25, 0.3) is 0 Å². The fourth-order valence-corrected chi connectivity index (χ4v) is 10.7. The van der Waals surface area contributed by atoms with E-state index in [1.807, 2.05) is 24.3 Å². The minimum absolute atomic E-state index is 0.0163. The Labute approximate surface area is 603 Å². The van der Waals surface area contributed by atoms with Crippen molar-refractivity contribution in [3.8, 4) is 0 Å². The van der Waals surface area contributed by atoms with Crippen LogP contribution in [0.15, 0.2) is 170 Å². The number of allylic oxidation sites excluding steroid dienone is 27. The van der Waals surface area contributed by atoms with Gasteiger partial charge in [-0.25, -0.2) is 9.13 Å². The van der Waals surface area contributed by atoms with Gasteiger partial charge in [0.2, 0.25) is 0 Å². The summed E-state index contributed by atoms with van der Waals surface area (Å²) in [6, 6.07) is 0. The number of aliphatic hydroxyl groups is 1. The van der Waals surface area contributed by atoms with Crippen molar-refractivity contribution in [3.05, 3.63) is 170 Å². The molecule has 0 aromatic rings. The van der Waals surface area contributed by atoms with E-state index in [9.17, 15) is 43.2 Å². The molecule has 0 radical (unpaired) electrons. The molecule has 0 fully saturated rings. The van der Waals surface area contributed by atoms with Crippen LogP contribution in [0.25, 0.3) is 0 Å². The molecule has 0 heterocycles. The van der Waals surface area contributed by atoms with E-state index in [0.717, 1.165) is 154 Å². The van der Waals surface area contributed by atoms with Crippen molar-refractivity contribution in [1.82, 2.24) is 0 Å². The van der Waals surface area contributed by atoms with Crippen molar-refractivity contribution in [2.45, 2.75) is 277 Å². The maximum absolute atomic E-state index is 13.1. The molecule has 19 heteroatoms. The Kier molecular flexibility index (Phi) is 67.8. The lowest BCUT2D eigenvalue weighted by molar-refractivity contribution is -0.161. The average molecular weight is 1440 g/mol. The van der Waals surface area contributed by atoms with Crippen LogP contribution in [0.2, 0.25) is 0 Å². The summed E-state index contributed by atoms with van der Waals surface area (Å²) < 4.78 is 68.2. The molecule has 0 aliphatic heterocycles. The Hall–Kier alpha value is -5.58. The molecule has 5 unspecified atom stereocenters. The third kappa shape index (κ3) is 70.8. The molecule has 0 aliphatic carbocycles. The zero-order valence-electron chi connectivity index (χ0n) is 61.5. The summed E-state index contributed by atoms with van der Waals surface area (Å²) in [5.41, 5.74) is 0. The summed E-state index contributed by atoms with van der Waals surface area (Å²) >= 11 is 0. The summed E-state index contributed by atoms with van der Waals surface area (Å²) in [5, 5.41) is 10.6. The monoisotopic (exact) mass is 1440 g/mol. The molecule has 0 rings (SSSR count). The van der Waals surface area contributed by atoms with Gasteiger partial charge in [0.15, 0.2) is 12.2 Å². The van der Waals surface area contributed by atoms with Gasteiger partial charge in [-0.3, -0.25) is 37.3 Å². The predicted octanol–water partition coefficient (Wildman–Crippen LogP) is 21.4. The van der Waals surface area contributed by atoms with E-state index in [0.29, 0.717) is 32.1 Å². The second kappa shape index (κ2) is 71.8. The number of carbonyl (C=O) groups is 4. The van der Waals surface area contributed by atoms with Crippen molar-refractivity contribution >= 4 is 39.5 Å². The molecule has 0 saturated heterocycles. The quantitative estimate of drug-likeness (QED) is 0.0169. The van der Waals surface area contributed by atoms with Crippen LogP contribution in [0.5, 0.6) is 0 Å². The highest BCUT2D eigenvalue weighted by Crippen LogP contribution is 2.45. The number of phosphoric ester groups is 2. The maximum Gasteiger partial charge on any atom is 0.472 e. The predicted molar refractivity (Wildman–Crippen MR) is 408 cm³/mol. The third-order valence-electron chi connectivity index (χ3n) is 14.7. The standard InChI is InChI=1S/C81H130O17P2/c1-5-9-13-17-21-25-29-33-37-41-45-49-53-57-61-65-78(83)91-71-76(97-80(85)67-63-59-55-51-47-43-39-35-31-27-23-19-15-11-7-3)73-95-99(87,88)93-69-75(82)70-94-100(89,90)96-74-77(98-81(86)68-64-60-56-52-48-44-40-36-32-28-24-20-16-12-8-4)72-92-79(84)66-62-58-54-50-46-42-38-34-30-26-22-18-14-10-6-2/h9-11,13-15,21-28,33-40,45,47,49,51,57,61,75-77,82H,5-8,12,16-20,29-32,41-44,46,48,50,52-56,58-60,62-74H2,1-4H3,(H,87,88)(H,89,90)/b13-9-,14-10-,15-11-,25-21-,26-22-,27-23-,28-24-,37-33-,38-34-,39-35-,40-36-,49-45-,51-47-,61-57-. The van der Waals surface area contributed by atoms with Crippen LogP contribution in [-0.4, -0.2) is 96.7 Å². The SMILES string of the molecule is CC/C=C\C/C=C\C/C=C\C/C=C\C/C=C\CC(=O)OCC(COP(=O)(O)OCC(O)COP(=O)(O)OCC(COC(=O)CCCCCCC/C=C\C/C=C\C/C=C\CC)OC(=O)CCCCCCC/C=C\C/C=C\CCCCC)OC(=O)CCCC/C=C\C/C=C\C/C=C\C/C=C\CC. The van der Waals surface area contributed by atoms with Gasteiger partial charge < -0.3 is 33.8 Å². The summed E-state index contributed by atoms with van der Waals surface area (Å²) in [4.78, 5) is 72.8. The Morgan fingerprint density at radius 2 is 0.560 bits per heavy atom. The zero-order chi connectivity index (χ0) is 73.2. The highest BCUT2D eigenvalue weighted by atomic mass is 31.2. The molecular weight excluding hydrogens is 1310 g/mol. The second-order valence-corrected chi connectivity index (χ2v) is 27.0. The van der Waals surface area contributed by atoms with Gasteiger partial charge in [-0.15, -0.1) is 0 Å². The first kappa shape index (κ1) is 94.4. The zero-order valence-corrected chi connectivity index (χ0v) is 63.3. The van der Waals surface area contributed by atoms with Crippen LogP contribution >= 0.6 is 15.6 Å². The Bertz CT molecular complexity index is 2570. The average Bonchev–Trinajstić information content (AvgIpc) is 1.01. The number of unbranched alkanes of at least 4 members (excludes halogenated alkanes) is 15. The highest BCUT2D eigenvalue weighted by Gasteiger charge is 2.30. The van der Waals surface area contributed by atoms with Gasteiger partial charge in [-0.05, 0) is 154 Å². The molecular formula is C81H130O17P2.